The molecule has 0 aliphatic carbocycles. The highest BCUT2D eigenvalue weighted by molar-refractivity contribution is 8.56. The topological polar surface area (TPSA) is 243 Å². The summed E-state index contributed by atoms with van der Waals surface area (Å²) in [4.78, 5) is 49.9. The molecule has 20 heteroatoms. The summed E-state index contributed by atoms with van der Waals surface area (Å²) >= 11 is 0.724. The van der Waals surface area contributed by atoms with E-state index < -0.39 is 61.3 Å². The predicted molar refractivity (Wildman–Crippen MR) is 154 cm³/mol. The fraction of sp³-hybridized carbons (Fsp3) is 0.652. The molecule has 3 amide bonds. The van der Waals surface area contributed by atoms with Gasteiger partial charge in [-0.25, -0.2) is 14.9 Å². The number of hydrogen-bond acceptors (Lipinski definition) is 15. The third-order valence-electron chi connectivity index (χ3n) is 6.11. The standard InChI is InChI=1S/C23H37N8O10PS/c1-12(2)41-19(34)13(3)29-42(37,43-9-14-17(33)27-22(35)30(14)5)40-8-7-39-20(23(4,36)10-32)31-11-25-15-16(31)26-21(24)28-18(15)38-6/h11-14,20,32,36H,7-10H2,1-6H3,(H,29,37)(H2,24,26,28)(H,27,33,35)/t13-,14-,20?,23+,42?/m0/s1. The molecule has 0 saturated carbocycles. The van der Waals surface area contributed by atoms with E-state index >= 15 is 0 Å². The number of aliphatic hydroxyl groups excluding tert-OH is 1. The van der Waals surface area contributed by atoms with Crippen molar-refractivity contribution in [1.29, 1.82) is 0 Å². The molecule has 0 radical (unpaired) electrons. The summed E-state index contributed by atoms with van der Waals surface area (Å²) < 4.78 is 37.1. The van der Waals surface area contributed by atoms with Crippen LogP contribution < -0.4 is 20.9 Å². The van der Waals surface area contributed by atoms with Gasteiger partial charge < -0.3 is 39.6 Å². The van der Waals surface area contributed by atoms with Gasteiger partial charge in [0.05, 0.1) is 39.4 Å². The number of esters is 1. The molecule has 0 bridgehead atoms. The molecule has 1 aliphatic heterocycles. The van der Waals surface area contributed by atoms with Gasteiger partial charge in [-0.1, -0.05) is 11.4 Å². The molecule has 240 valence electrons. The molecule has 2 aromatic rings. The van der Waals surface area contributed by atoms with Crippen LogP contribution in [0.15, 0.2) is 6.33 Å². The number of nitrogens with zero attached hydrogens (tertiary/aromatic N) is 5. The molecule has 3 heterocycles. The Morgan fingerprint density at radius 2 is 2.00 bits per heavy atom. The first-order valence-corrected chi connectivity index (χ1v) is 16.3. The lowest BCUT2D eigenvalue weighted by molar-refractivity contribution is -0.158. The summed E-state index contributed by atoms with van der Waals surface area (Å²) in [5.74, 6) is -1.40. The van der Waals surface area contributed by atoms with Crippen molar-refractivity contribution in [3.05, 3.63) is 6.33 Å². The summed E-state index contributed by atoms with van der Waals surface area (Å²) in [6.45, 7) is 0.809. The van der Waals surface area contributed by atoms with E-state index in [4.69, 9.17) is 24.5 Å². The summed E-state index contributed by atoms with van der Waals surface area (Å²) in [5.41, 5.74) is 4.30. The first kappa shape index (κ1) is 34.4. The molecule has 2 aromatic heterocycles. The highest BCUT2D eigenvalue weighted by Crippen LogP contribution is 2.56. The largest absolute Gasteiger partial charge is 0.479 e. The Balaban J connectivity index is 1.77. The molecule has 6 N–H and O–H groups in total. The van der Waals surface area contributed by atoms with Crippen LogP contribution in [0.1, 0.15) is 33.9 Å². The van der Waals surface area contributed by atoms with E-state index in [2.05, 4.69) is 25.4 Å². The number of imidazole rings is 1. The Kier molecular flexibility index (Phi) is 11.3. The number of urea groups is 1. The number of anilines is 1. The molecule has 3 rings (SSSR count). The second-order valence-electron chi connectivity index (χ2n) is 10.0. The van der Waals surface area contributed by atoms with E-state index in [1.165, 1.54) is 43.8 Å². The zero-order valence-corrected chi connectivity index (χ0v) is 26.3. The van der Waals surface area contributed by atoms with Gasteiger partial charge in [-0.3, -0.25) is 24.0 Å². The Morgan fingerprint density at radius 3 is 2.58 bits per heavy atom. The van der Waals surface area contributed by atoms with Gasteiger partial charge in [-0.15, -0.1) is 0 Å². The average Bonchev–Trinajstić information content (AvgIpc) is 3.45. The second kappa shape index (κ2) is 14.1. The van der Waals surface area contributed by atoms with Gasteiger partial charge in [-0.05, 0) is 27.7 Å². The molecule has 0 spiro atoms. The first-order chi connectivity index (χ1) is 20.1. The van der Waals surface area contributed by atoms with E-state index in [-0.39, 0.29) is 42.0 Å². The van der Waals surface area contributed by atoms with Gasteiger partial charge in [0, 0.05) is 12.8 Å². The third kappa shape index (κ3) is 8.31. The summed E-state index contributed by atoms with van der Waals surface area (Å²) in [5, 5.41) is 25.6. The Bertz CT molecular complexity index is 1380. The van der Waals surface area contributed by atoms with Crippen molar-refractivity contribution in [2.24, 2.45) is 0 Å². The number of aliphatic hydroxyl groups is 2. The van der Waals surface area contributed by atoms with E-state index in [0.717, 1.165) is 11.4 Å². The van der Waals surface area contributed by atoms with Gasteiger partial charge in [0.25, 0.3) is 5.91 Å². The van der Waals surface area contributed by atoms with Gasteiger partial charge in [0.15, 0.2) is 17.4 Å². The van der Waals surface area contributed by atoms with Crippen molar-refractivity contribution in [3.8, 4) is 5.88 Å². The molecule has 0 aromatic carbocycles. The normalized spacial score (nSPS) is 19.7. The van der Waals surface area contributed by atoms with Crippen molar-refractivity contribution in [2.45, 2.75) is 57.7 Å². The number of carbonyl (C=O) groups excluding carboxylic acids is 3. The lowest BCUT2D eigenvalue weighted by Crippen LogP contribution is -2.42. The molecule has 2 unspecified atom stereocenters. The van der Waals surface area contributed by atoms with Crippen molar-refractivity contribution in [2.75, 3.05) is 45.5 Å². The lowest BCUT2D eigenvalue weighted by Gasteiger charge is -2.32. The van der Waals surface area contributed by atoms with Crippen LogP contribution in [0.4, 0.5) is 10.7 Å². The van der Waals surface area contributed by atoms with Crippen LogP contribution in [0.3, 0.4) is 0 Å². The molecular formula is C23H37N8O10PS. The number of nitrogen functional groups attached to an aromatic ring is 1. The maximum atomic E-state index is 13.9. The smallest absolute Gasteiger partial charge is 0.327 e. The minimum atomic E-state index is -3.94. The molecule has 1 saturated heterocycles. The number of aromatic nitrogens is 4. The van der Waals surface area contributed by atoms with Crippen LogP contribution in [0, 0.1) is 0 Å². The number of amides is 3. The monoisotopic (exact) mass is 648 g/mol. The highest BCUT2D eigenvalue weighted by atomic mass is 32.7. The fourth-order valence-corrected chi connectivity index (χ4v) is 7.85. The van der Waals surface area contributed by atoms with Crippen LogP contribution in [0.5, 0.6) is 5.88 Å². The number of rotatable bonds is 16. The van der Waals surface area contributed by atoms with E-state index in [1.54, 1.807) is 13.8 Å². The van der Waals surface area contributed by atoms with E-state index in [1.807, 2.05) is 0 Å². The van der Waals surface area contributed by atoms with Crippen LogP contribution in [0.2, 0.25) is 0 Å². The lowest BCUT2D eigenvalue weighted by atomic mass is 10.1. The van der Waals surface area contributed by atoms with Crippen molar-refractivity contribution in [3.63, 3.8) is 0 Å². The minimum absolute atomic E-state index is 0.0874. The molecular weight excluding hydrogens is 611 g/mol. The third-order valence-corrected chi connectivity index (χ3v) is 10.2. The number of ether oxygens (including phenoxy) is 3. The molecule has 1 aliphatic rings. The number of nitrogens with two attached hydrogens (primary N) is 1. The van der Waals surface area contributed by atoms with Crippen molar-refractivity contribution in [1.82, 2.24) is 34.8 Å². The van der Waals surface area contributed by atoms with Crippen LogP contribution >= 0.6 is 18.1 Å². The SMILES string of the molecule is COc1nc(N)nc2c1ncn2C(OCCOP(=O)(N[C@@H](C)C(=O)OC(C)C)SC[C@H]1C(=O)NC(=O)N1C)[C@](C)(O)CO. The number of fused-ring (bicyclic) bond motifs is 1. The van der Waals surface area contributed by atoms with Gasteiger partial charge in [0.1, 0.15) is 17.7 Å². The predicted octanol–water partition coefficient (Wildman–Crippen LogP) is 0.0134. The average molecular weight is 649 g/mol. The maximum absolute atomic E-state index is 13.9. The summed E-state index contributed by atoms with van der Waals surface area (Å²) in [6, 6.07) is -2.57. The van der Waals surface area contributed by atoms with Gasteiger partial charge in [0.2, 0.25) is 11.8 Å². The van der Waals surface area contributed by atoms with Crippen molar-refractivity contribution < 1.29 is 47.9 Å². The Labute approximate surface area is 251 Å². The zero-order valence-electron chi connectivity index (χ0n) is 24.5. The Morgan fingerprint density at radius 1 is 1.30 bits per heavy atom. The van der Waals surface area contributed by atoms with Gasteiger partial charge in [-0.2, -0.15) is 9.97 Å². The molecule has 18 nitrogen and oxygen atoms in total. The minimum Gasteiger partial charge on any atom is -0.479 e. The number of hydrogen-bond donors (Lipinski definition) is 5. The molecule has 43 heavy (non-hydrogen) atoms. The van der Waals surface area contributed by atoms with Crippen LogP contribution in [-0.4, -0.2) is 116 Å². The van der Waals surface area contributed by atoms with Gasteiger partial charge >= 0.3 is 18.7 Å². The van der Waals surface area contributed by atoms with E-state index in [9.17, 15) is 29.2 Å². The second-order valence-corrected chi connectivity index (χ2v) is 14.4. The molecule has 5 atom stereocenters. The number of imide groups is 1. The number of carbonyl (C=O) groups is 3. The summed E-state index contributed by atoms with van der Waals surface area (Å²) in [6.07, 6.45) is -0.408. The van der Waals surface area contributed by atoms with Crippen molar-refractivity contribution >= 4 is 53.1 Å². The number of nitrogens with one attached hydrogen (secondary N) is 2. The maximum Gasteiger partial charge on any atom is 0.327 e. The quantitative estimate of drug-likeness (QED) is 0.0697. The van der Waals surface area contributed by atoms with E-state index in [0.29, 0.717) is 0 Å². The number of methoxy groups -OCH3 is 1. The van der Waals surface area contributed by atoms with Crippen LogP contribution in [-0.2, 0) is 28.2 Å². The van der Waals surface area contributed by atoms with Crippen LogP contribution in [0.25, 0.3) is 11.2 Å². The summed E-state index contributed by atoms with van der Waals surface area (Å²) in [7, 11) is 2.79. The fourth-order valence-electron chi connectivity index (χ4n) is 3.86. The Hall–Kier alpha value is -3.06. The molecule has 1 fully saturated rings. The first-order valence-electron chi connectivity index (χ1n) is 13.1. The zero-order chi connectivity index (χ0) is 32.1. The highest BCUT2D eigenvalue weighted by Gasteiger charge is 2.40. The number of likely N-dealkylation sites (N-methyl/N-ethyl adjacent to an activating group) is 1.